The van der Waals surface area contributed by atoms with Crippen LogP contribution in [-0.4, -0.2) is 31.5 Å². The second-order valence-electron chi connectivity index (χ2n) is 8.60. The molecule has 3 rings (SSSR count). The molecule has 1 heterocycles. The maximum atomic E-state index is 12.4. The van der Waals surface area contributed by atoms with E-state index >= 15 is 0 Å². The Morgan fingerprint density at radius 3 is 2.77 bits per heavy atom. The van der Waals surface area contributed by atoms with Crippen LogP contribution in [0.1, 0.15) is 59.8 Å². The molecule has 26 heavy (non-hydrogen) atoms. The van der Waals surface area contributed by atoms with E-state index < -0.39 is 0 Å². The molecular weight excluding hydrogens is 326 g/mol. The summed E-state index contributed by atoms with van der Waals surface area (Å²) in [4.78, 5) is 12.4. The van der Waals surface area contributed by atoms with Crippen molar-refractivity contribution in [3.05, 3.63) is 23.8 Å². The lowest BCUT2D eigenvalue weighted by Gasteiger charge is -2.54. The fourth-order valence-corrected chi connectivity index (χ4v) is 5.32. The van der Waals surface area contributed by atoms with E-state index in [-0.39, 0.29) is 23.7 Å². The Morgan fingerprint density at radius 1 is 1.35 bits per heavy atom. The number of carbonyl (C=O) groups excluding carboxylic acids is 1. The van der Waals surface area contributed by atoms with E-state index in [1.165, 1.54) is 24.8 Å². The summed E-state index contributed by atoms with van der Waals surface area (Å²) < 4.78 is 12.0. The highest BCUT2D eigenvalue weighted by atomic mass is 16.6. The Kier molecular flexibility index (Phi) is 6.11. The van der Waals surface area contributed by atoms with Crippen LogP contribution in [0.4, 0.5) is 4.79 Å². The van der Waals surface area contributed by atoms with Crippen LogP contribution >= 0.6 is 0 Å². The predicted octanol–water partition coefficient (Wildman–Crippen LogP) is 4.85. The molecule has 0 aromatic carbocycles. The van der Waals surface area contributed by atoms with E-state index in [0.717, 1.165) is 12.8 Å². The smallest absolute Gasteiger partial charge is 0.407 e. The number of hydrogen-bond acceptors (Lipinski definition) is 3. The Labute approximate surface area is 158 Å². The number of amides is 1. The summed E-state index contributed by atoms with van der Waals surface area (Å²) >= 11 is 0. The van der Waals surface area contributed by atoms with Gasteiger partial charge in [0.25, 0.3) is 0 Å². The van der Waals surface area contributed by atoms with Crippen LogP contribution in [0.5, 0.6) is 0 Å². The van der Waals surface area contributed by atoms with Gasteiger partial charge in [-0.25, -0.2) is 4.79 Å². The highest BCUT2D eigenvalue weighted by molar-refractivity contribution is 5.67. The Balaban J connectivity index is 1.66. The Hall–Kier alpha value is -1.29. The van der Waals surface area contributed by atoms with Crippen LogP contribution < -0.4 is 5.32 Å². The maximum absolute atomic E-state index is 12.4. The largest absolute Gasteiger partial charge is 0.449 e. The summed E-state index contributed by atoms with van der Waals surface area (Å²) in [5, 5.41) is 3.07. The first kappa shape index (κ1) is 19.5. The maximum Gasteiger partial charge on any atom is 0.407 e. The summed E-state index contributed by atoms with van der Waals surface area (Å²) in [5.41, 5.74) is 1.27. The Morgan fingerprint density at radius 2 is 2.08 bits per heavy atom. The molecule has 5 atom stereocenters. The molecule has 4 nitrogen and oxygen atoms in total. The SMILES string of the molecule is C/C=C/[C@H]1OC[C@]2(COC(=O)NC3CCCCC3)[C@H](C)[C@@H]1C(C)=C[C@@H]2C. The molecule has 1 amide bonds. The monoisotopic (exact) mass is 361 g/mol. The van der Waals surface area contributed by atoms with Crippen LogP contribution in [0.3, 0.4) is 0 Å². The molecule has 1 aliphatic heterocycles. The van der Waals surface area contributed by atoms with Gasteiger partial charge >= 0.3 is 6.09 Å². The molecule has 2 aliphatic carbocycles. The third-order valence-corrected chi connectivity index (χ3v) is 7.07. The Bertz CT molecular complexity index is 564. The number of nitrogens with one attached hydrogen (secondary N) is 1. The third-order valence-electron chi connectivity index (χ3n) is 7.07. The topological polar surface area (TPSA) is 47.6 Å². The number of rotatable bonds is 4. The van der Waals surface area contributed by atoms with Gasteiger partial charge < -0.3 is 14.8 Å². The van der Waals surface area contributed by atoms with Crippen LogP contribution in [0.25, 0.3) is 0 Å². The van der Waals surface area contributed by atoms with Crippen LogP contribution in [0, 0.1) is 23.2 Å². The first-order valence-electron chi connectivity index (χ1n) is 10.3. The minimum absolute atomic E-state index is 0.128. The van der Waals surface area contributed by atoms with Crippen molar-refractivity contribution in [2.75, 3.05) is 13.2 Å². The van der Waals surface area contributed by atoms with Crippen LogP contribution in [0.2, 0.25) is 0 Å². The summed E-state index contributed by atoms with van der Waals surface area (Å²) in [6.07, 6.45) is 12.3. The van der Waals surface area contributed by atoms with Gasteiger partial charge in [0.05, 0.1) is 12.7 Å². The van der Waals surface area contributed by atoms with E-state index in [2.05, 4.69) is 44.3 Å². The zero-order valence-corrected chi connectivity index (χ0v) is 16.8. The van der Waals surface area contributed by atoms with Crippen molar-refractivity contribution < 1.29 is 14.3 Å². The standard InChI is InChI=1S/C22H35NO3/c1-5-9-19-20-15(2)12-16(3)22(13-25-19,17(20)4)14-26-21(24)23-18-10-7-6-8-11-18/h5,9,12,16-20H,6-8,10-11,13-14H2,1-4H3,(H,23,24)/b9-5+/t16-,17+,19+,20-,22+/m0/s1. The minimum Gasteiger partial charge on any atom is -0.449 e. The lowest BCUT2D eigenvalue weighted by atomic mass is 9.56. The normalized spacial score (nSPS) is 38.1. The molecular formula is C22H35NO3. The second-order valence-corrected chi connectivity index (χ2v) is 8.60. The van der Waals surface area contributed by atoms with Gasteiger partial charge in [-0.3, -0.25) is 0 Å². The molecule has 3 aliphatic rings. The summed E-state index contributed by atoms with van der Waals surface area (Å²) in [6, 6.07) is 0.284. The van der Waals surface area contributed by atoms with Crippen molar-refractivity contribution >= 4 is 6.09 Å². The third kappa shape index (κ3) is 3.71. The van der Waals surface area contributed by atoms with Gasteiger partial charge in [-0.05, 0) is 38.5 Å². The quantitative estimate of drug-likeness (QED) is 0.728. The van der Waals surface area contributed by atoms with Crippen LogP contribution in [-0.2, 0) is 9.47 Å². The van der Waals surface area contributed by atoms with Crippen molar-refractivity contribution in [3.63, 3.8) is 0 Å². The van der Waals surface area contributed by atoms with E-state index in [0.29, 0.717) is 31.0 Å². The molecule has 0 unspecified atom stereocenters. The average Bonchev–Trinajstić information content (AvgIpc) is 2.61. The van der Waals surface area contributed by atoms with Crippen LogP contribution in [0.15, 0.2) is 23.8 Å². The molecule has 1 N–H and O–H groups in total. The van der Waals surface area contributed by atoms with Crippen molar-refractivity contribution in [2.24, 2.45) is 23.2 Å². The predicted molar refractivity (Wildman–Crippen MR) is 104 cm³/mol. The first-order chi connectivity index (χ1) is 12.5. The van der Waals surface area contributed by atoms with E-state index in [1.807, 2.05) is 6.92 Å². The first-order valence-corrected chi connectivity index (χ1v) is 10.3. The highest BCUT2D eigenvalue weighted by Gasteiger charge is 2.53. The number of carbonyl (C=O) groups is 1. The number of fused-ring (bicyclic) bond motifs is 2. The molecule has 0 aromatic heterocycles. The molecule has 1 saturated carbocycles. The molecule has 0 spiro atoms. The van der Waals surface area contributed by atoms with E-state index in [1.54, 1.807) is 0 Å². The summed E-state index contributed by atoms with van der Waals surface area (Å²) in [7, 11) is 0. The fourth-order valence-electron chi connectivity index (χ4n) is 5.32. The van der Waals surface area contributed by atoms with Gasteiger partial charge in [0.1, 0.15) is 6.61 Å². The number of ether oxygens (including phenoxy) is 2. The summed E-state index contributed by atoms with van der Waals surface area (Å²) in [6.45, 7) is 9.86. The summed E-state index contributed by atoms with van der Waals surface area (Å²) in [5.74, 6) is 1.11. The molecule has 2 fully saturated rings. The molecule has 2 bridgehead atoms. The van der Waals surface area contributed by atoms with E-state index in [9.17, 15) is 4.79 Å². The second kappa shape index (κ2) is 8.16. The van der Waals surface area contributed by atoms with Gasteiger partial charge in [0.2, 0.25) is 0 Å². The number of allylic oxidation sites excluding steroid dienone is 2. The number of hydrogen-bond donors (Lipinski definition) is 1. The zero-order valence-electron chi connectivity index (χ0n) is 16.8. The van der Waals surface area contributed by atoms with E-state index in [4.69, 9.17) is 9.47 Å². The number of alkyl carbamates (subject to hydrolysis) is 1. The molecule has 4 heteroatoms. The van der Waals surface area contributed by atoms with Gasteiger partial charge in [-0.1, -0.05) is 56.9 Å². The van der Waals surface area contributed by atoms with Crippen molar-refractivity contribution in [1.82, 2.24) is 5.32 Å². The van der Waals surface area contributed by atoms with Crippen molar-refractivity contribution in [3.8, 4) is 0 Å². The van der Waals surface area contributed by atoms with Gasteiger partial charge in [0, 0.05) is 17.4 Å². The fraction of sp³-hybridized carbons (Fsp3) is 0.773. The lowest BCUT2D eigenvalue weighted by Crippen LogP contribution is -2.56. The minimum atomic E-state index is -0.260. The lowest BCUT2D eigenvalue weighted by molar-refractivity contribution is -0.149. The van der Waals surface area contributed by atoms with Gasteiger partial charge in [-0.15, -0.1) is 0 Å². The average molecular weight is 362 g/mol. The molecule has 0 aromatic rings. The molecule has 1 saturated heterocycles. The van der Waals surface area contributed by atoms with Gasteiger partial charge in [0.15, 0.2) is 0 Å². The zero-order chi connectivity index (χ0) is 18.7. The van der Waals surface area contributed by atoms with Crippen molar-refractivity contribution in [2.45, 2.75) is 71.9 Å². The molecule has 146 valence electrons. The highest BCUT2D eigenvalue weighted by Crippen LogP contribution is 2.52. The van der Waals surface area contributed by atoms with Gasteiger partial charge in [-0.2, -0.15) is 0 Å². The van der Waals surface area contributed by atoms with Crippen molar-refractivity contribution in [1.29, 1.82) is 0 Å². The molecule has 0 radical (unpaired) electrons.